The van der Waals surface area contributed by atoms with Crippen LogP contribution in [0.2, 0.25) is 0 Å². The average Bonchev–Trinajstić information content (AvgIpc) is 2.15. The molecular weight excluding hydrogens is 136 g/mol. The van der Waals surface area contributed by atoms with Crippen LogP contribution in [0.3, 0.4) is 0 Å². The summed E-state index contributed by atoms with van der Waals surface area (Å²) in [5, 5.41) is 3.30. The van der Waals surface area contributed by atoms with Crippen molar-refractivity contribution in [2.75, 3.05) is 13.2 Å². The normalized spacial score (nSPS) is 20.0. The minimum absolute atomic E-state index is 0.231. The maximum Gasteiger partial charge on any atom is 0.0868 e. The highest BCUT2D eigenvalue weighted by Crippen LogP contribution is 2.00. The third kappa shape index (κ3) is 2.14. The molecule has 0 fully saturated rings. The first-order valence-corrected chi connectivity index (χ1v) is 3.51. The van der Waals surface area contributed by atoms with Gasteiger partial charge in [0.25, 0.3) is 0 Å². The van der Waals surface area contributed by atoms with Crippen molar-refractivity contribution in [1.82, 2.24) is 10.2 Å². The van der Waals surface area contributed by atoms with Crippen LogP contribution in [0.4, 0.5) is 0 Å². The summed E-state index contributed by atoms with van der Waals surface area (Å²) < 4.78 is 0. The molecule has 0 saturated carbocycles. The summed E-state index contributed by atoms with van der Waals surface area (Å²) in [7, 11) is 0. The topological polar surface area (TPSA) is 15.3 Å². The van der Waals surface area contributed by atoms with E-state index in [0.717, 1.165) is 13.2 Å². The van der Waals surface area contributed by atoms with Gasteiger partial charge < -0.3 is 10.2 Å². The fraction of sp³-hybridized carbons (Fsp3) is 0.667. The van der Waals surface area contributed by atoms with Crippen LogP contribution in [0.5, 0.6) is 0 Å². The molecule has 1 heterocycles. The summed E-state index contributed by atoms with van der Waals surface area (Å²) in [6.07, 6.45) is 3.94. The quantitative estimate of drug-likeness (QED) is 0.584. The number of halogens is 1. The first-order chi connectivity index (χ1) is 4.29. The van der Waals surface area contributed by atoms with Crippen molar-refractivity contribution in [3.05, 3.63) is 12.4 Å². The van der Waals surface area contributed by atoms with Crippen LogP contribution in [0.15, 0.2) is 12.4 Å². The molecule has 1 unspecified atom stereocenters. The largest absolute Gasteiger partial charge is 0.373 e. The second-order valence-electron chi connectivity index (χ2n) is 2.23. The lowest BCUT2D eigenvalue weighted by Gasteiger charge is -2.15. The van der Waals surface area contributed by atoms with Crippen molar-refractivity contribution in [1.29, 1.82) is 0 Å². The predicted octanol–water partition coefficient (Wildman–Crippen LogP) is 0.948. The molecule has 1 atom stereocenters. The van der Waals surface area contributed by atoms with Gasteiger partial charge in [0.1, 0.15) is 0 Å². The van der Waals surface area contributed by atoms with Crippen molar-refractivity contribution in [2.24, 2.45) is 0 Å². The maximum absolute atomic E-state index is 5.75. The van der Waals surface area contributed by atoms with Gasteiger partial charge in [-0.1, -0.05) is 0 Å². The van der Waals surface area contributed by atoms with E-state index < -0.39 is 0 Å². The van der Waals surface area contributed by atoms with Gasteiger partial charge in [-0.15, -0.1) is 11.6 Å². The van der Waals surface area contributed by atoms with Crippen LogP contribution in [-0.2, 0) is 0 Å². The van der Waals surface area contributed by atoms with E-state index in [4.69, 9.17) is 11.6 Å². The molecule has 9 heavy (non-hydrogen) atoms. The maximum atomic E-state index is 5.75. The lowest BCUT2D eigenvalue weighted by molar-refractivity contribution is 0.394. The molecular formula is C6H11ClN2. The predicted molar refractivity (Wildman–Crippen MR) is 39.2 cm³/mol. The Morgan fingerprint density at radius 3 is 3.11 bits per heavy atom. The number of alkyl halides is 1. The van der Waals surface area contributed by atoms with Gasteiger partial charge >= 0.3 is 0 Å². The Morgan fingerprint density at radius 1 is 1.89 bits per heavy atom. The fourth-order valence-corrected chi connectivity index (χ4v) is 1.01. The molecule has 1 aliphatic heterocycles. The summed E-state index contributed by atoms with van der Waals surface area (Å²) in [6, 6.07) is 0. The van der Waals surface area contributed by atoms with Crippen molar-refractivity contribution < 1.29 is 0 Å². The third-order valence-electron chi connectivity index (χ3n) is 1.18. The monoisotopic (exact) mass is 146 g/mol. The smallest absolute Gasteiger partial charge is 0.0868 e. The SMILES string of the molecule is CC(Cl)CN1C=CNC1. The van der Waals surface area contributed by atoms with Gasteiger partial charge in [0.15, 0.2) is 0 Å². The highest BCUT2D eigenvalue weighted by Gasteiger charge is 2.05. The number of rotatable bonds is 2. The van der Waals surface area contributed by atoms with Gasteiger partial charge in [-0.25, -0.2) is 0 Å². The number of nitrogens with zero attached hydrogens (tertiary/aromatic N) is 1. The molecule has 0 aromatic carbocycles. The van der Waals surface area contributed by atoms with Gasteiger partial charge in [0.05, 0.1) is 6.67 Å². The van der Waals surface area contributed by atoms with E-state index in [1.165, 1.54) is 0 Å². The molecule has 1 rings (SSSR count). The summed E-state index contributed by atoms with van der Waals surface area (Å²) >= 11 is 5.75. The van der Waals surface area contributed by atoms with E-state index in [9.17, 15) is 0 Å². The highest BCUT2D eigenvalue weighted by molar-refractivity contribution is 6.20. The lowest BCUT2D eigenvalue weighted by Crippen LogP contribution is -2.25. The van der Waals surface area contributed by atoms with Crippen LogP contribution < -0.4 is 5.32 Å². The summed E-state index contributed by atoms with van der Waals surface area (Å²) in [5.41, 5.74) is 0. The molecule has 0 bridgehead atoms. The summed E-state index contributed by atoms with van der Waals surface area (Å²) in [4.78, 5) is 2.14. The van der Waals surface area contributed by atoms with E-state index in [1.54, 1.807) is 0 Å². The van der Waals surface area contributed by atoms with Gasteiger partial charge in [0.2, 0.25) is 0 Å². The van der Waals surface area contributed by atoms with Crippen LogP contribution in [0.1, 0.15) is 6.92 Å². The second kappa shape index (κ2) is 2.97. The van der Waals surface area contributed by atoms with Crippen molar-refractivity contribution in [3.8, 4) is 0 Å². The van der Waals surface area contributed by atoms with Crippen molar-refractivity contribution in [3.63, 3.8) is 0 Å². The van der Waals surface area contributed by atoms with Gasteiger partial charge in [-0.3, -0.25) is 0 Å². The zero-order chi connectivity index (χ0) is 6.69. The van der Waals surface area contributed by atoms with Crippen molar-refractivity contribution >= 4 is 11.6 Å². The molecule has 2 nitrogen and oxygen atoms in total. The molecule has 1 N–H and O–H groups in total. The van der Waals surface area contributed by atoms with Gasteiger partial charge in [0, 0.05) is 24.3 Å². The number of hydrogen-bond donors (Lipinski definition) is 1. The van der Waals surface area contributed by atoms with Crippen molar-refractivity contribution in [2.45, 2.75) is 12.3 Å². The summed E-state index contributed by atoms with van der Waals surface area (Å²) in [6.45, 7) is 3.82. The Hall–Kier alpha value is -0.370. The standard InChI is InChI=1S/C6H11ClN2/c1-6(7)4-9-3-2-8-5-9/h2-3,6,8H,4-5H2,1H3. The van der Waals surface area contributed by atoms with Crippen LogP contribution >= 0.6 is 11.6 Å². The molecule has 0 aliphatic carbocycles. The molecule has 3 heteroatoms. The van der Waals surface area contributed by atoms with Crippen LogP contribution in [-0.4, -0.2) is 23.5 Å². The second-order valence-corrected chi connectivity index (χ2v) is 2.98. The number of hydrogen-bond acceptors (Lipinski definition) is 2. The minimum Gasteiger partial charge on any atom is -0.373 e. The molecule has 0 aromatic heterocycles. The Balaban J connectivity index is 2.20. The Kier molecular flexibility index (Phi) is 2.22. The molecule has 1 aliphatic rings. The van der Waals surface area contributed by atoms with E-state index in [-0.39, 0.29) is 5.38 Å². The van der Waals surface area contributed by atoms with Gasteiger partial charge in [-0.2, -0.15) is 0 Å². The van der Waals surface area contributed by atoms with E-state index in [1.807, 2.05) is 19.3 Å². The molecule has 0 aromatic rings. The van der Waals surface area contributed by atoms with E-state index in [0.29, 0.717) is 0 Å². The van der Waals surface area contributed by atoms with Crippen LogP contribution in [0.25, 0.3) is 0 Å². The first kappa shape index (κ1) is 6.75. The fourth-order valence-electron chi connectivity index (χ4n) is 0.829. The molecule has 0 amide bonds. The summed E-state index contributed by atoms with van der Waals surface area (Å²) in [5.74, 6) is 0. The minimum atomic E-state index is 0.231. The third-order valence-corrected chi connectivity index (χ3v) is 1.32. The zero-order valence-corrected chi connectivity index (χ0v) is 6.23. The molecule has 0 radical (unpaired) electrons. The van der Waals surface area contributed by atoms with Gasteiger partial charge in [-0.05, 0) is 6.92 Å². The Bertz CT molecular complexity index is 112. The Labute approximate surface area is 60.5 Å². The van der Waals surface area contributed by atoms with E-state index in [2.05, 4.69) is 10.2 Å². The number of nitrogens with one attached hydrogen (secondary N) is 1. The van der Waals surface area contributed by atoms with E-state index >= 15 is 0 Å². The average molecular weight is 147 g/mol. The first-order valence-electron chi connectivity index (χ1n) is 3.07. The zero-order valence-electron chi connectivity index (χ0n) is 5.47. The van der Waals surface area contributed by atoms with Crippen LogP contribution in [0, 0.1) is 0 Å². The Morgan fingerprint density at radius 2 is 2.67 bits per heavy atom. The lowest BCUT2D eigenvalue weighted by atomic mass is 10.4. The highest BCUT2D eigenvalue weighted by atomic mass is 35.5. The molecule has 52 valence electrons. The molecule has 0 saturated heterocycles. The molecule has 0 spiro atoms.